The number of ether oxygens (including phenoxy) is 1. The van der Waals surface area contributed by atoms with E-state index in [9.17, 15) is 14.7 Å². The molecule has 2 amide bonds. The standard InChI is InChI=1S/C22H18N4O4/c1-12-17(11-24-21-19(12)26(22(28)29)7-8-30-21)13-4-5-18-15(9-13)16(20(27)25-18)10-14-3-2-6-23-14/h2-6,9-11,23H,7-8H2,1H3,(H,25,27)(H,28,29). The van der Waals surface area contributed by atoms with Crippen LogP contribution in [0.4, 0.5) is 16.2 Å². The van der Waals surface area contributed by atoms with Crippen molar-refractivity contribution < 1.29 is 19.4 Å². The molecule has 3 N–H and O–H groups in total. The Labute approximate surface area is 171 Å². The van der Waals surface area contributed by atoms with Crippen LogP contribution in [0.25, 0.3) is 22.8 Å². The van der Waals surface area contributed by atoms with Crippen LogP contribution in [0.5, 0.6) is 5.88 Å². The number of aromatic nitrogens is 2. The van der Waals surface area contributed by atoms with E-state index >= 15 is 0 Å². The van der Waals surface area contributed by atoms with Gasteiger partial charge in [0.25, 0.3) is 5.91 Å². The van der Waals surface area contributed by atoms with E-state index in [-0.39, 0.29) is 19.1 Å². The summed E-state index contributed by atoms with van der Waals surface area (Å²) in [4.78, 5) is 32.9. The third-order valence-corrected chi connectivity index (χ3v) is 5.36. The van der Waals surface area contributed by atoms with Crippen LogP contribution in [-0.2, 0) is 4.79 Å². The predicted octanol–water partition coefficient (Wildman–Crippen LogP) is 3.75. The number of aromatic amines is 1. The fourth-order valence-corrected chi connectivity index (χ4v) is 3.91. The number of carboxylic acid groups (broad SMARTS) is 1. The Morgan fingerprint density at radius 3 is 2.93 bits per heavy atom. The number of nitrogens with zero attached hydrogens (tertiary/aromatic N) is 2. The van der Waals surface area contributed by atoms with E-state index in [0.717, 1.165) is 33.6 Å². The van der Waals surface area contributed by atoms with Crippen LogP contribution in [0.3, 0.4) is 0 Å². The Hall–Kier alpha value is -4.07. The Balaban J connectivity index is 1.62. The average Bonchev–Trinajstić information content (AvgIpc) is 3.36. The highest BCUT2D eigenvalue weighted by atomic mass is 16.5. The molecule has 8 nitrogen and oxygen atoms in total. The zero-order valence-electron chi connectivity index (χ0n) is 16.1. The molecule has 5 rings (SSSR count). The van der Waals surface area contributed by atoms with Gasteiger partial charge in [-0.15, -0.1) is 0 Å². The van der Waals surface area contributed by atoms with Crippen LogP contribution < -0.4 is 15.0 Å². The van der Waals surface area contributed by atoms with Crippen LogP contribution in [0, 0.1) is 6.92 Å². The number of nitrogens with one attached hydrogen (secondary N) is 2. The van der Waals surface area contributed by atoms with E-state index < -0.39 is 6.09 Å². The van der Waals surface area contributed by atoms with Gasteiger partial charge in [-0.3, -0.25) is 9.69 Å². The molecular formula is C22H18N4O4. The number of hydrogen-bond acceptors (Lipinski definition) is 4. The molecule has 0 fully saturated rings. The molecule has 3 aromatic rings. The second kappa shape index (κ2) is 6.77. The zero-order valence-corrected chi connectivity index (χ0v) is 16.1. The molecule has 0 bridgehead atoms. The highest BCUT2D eigenvalue weighted by Gasteiger charge is 2.29. The van der Waals surface area contributed by atoms with Gasteiger partial charge in [-0.05, 0) is 48.4 Å². The van der Waals surface area contributed by atoms with E-state index in [4.69, 9.17) is 4.74 Å². The van der Waals surface area contributed by atoms with Gasteiger partial charge in [0.15, 0.2) is 0 Å². The normalized spacial score (nSPS) is 16.1. The molecule has 30 heavy (non-hydrogen) atoms. The molecule has 2 aliphatic rings. The number of hydrogen-bond donors (Lipinski definition) is 3. The minimum Gasteiger partial charge on any atom is -0.474 e. The molecule has 150 valence electrons. The third kappa shape index (κ3) is 2.81. The maximum atomic E-state index is 12.5. The first-order chi connectivity index (χ1) is 14.5. The lowest BCUT2D eigenvalue weighted by molar-refractivity contribution is -0.110. The van der Waals surface area contributed by atoms with Crippen molar-refractivity contribution in [2.45, 2.75) is 6.92 Å². The van der Waals surface area contributed by atoms with Gasteiger partial charge in [0, 0.05) is 34.9 Å². The summed E-state index contributed by atoms with van der Waals surface area (Å²) in [5, 5.41) is 12.5. The summed E-state index contributed by atoms with van der Waals surface area (Å²) in [7, 11) is 0. The molecule has 0 atom stereocenters. The van der Waals surface area contributed by atoms with Crippen LogP contribution in [0.2, 0.25) is 0 Å². The second-order valence-electron chi connectivity index (χ2n) is 7.13. The van der Waals surface area contributed by atoms with Crippen LogP contribution in [0.1, 0.15) is 16.8 Å². The number of fused-ring (bicyclic) bond motifs is 2. The lowest BCUT2D eigenvalue weighted by Gasteiger charge is -2.28. The first-order valence-electron chi connectivity index (χ1n) is 9.47. The Morgan fingerprint density at radius 1 is 1.30 bits per heavy atom. The minimum absolute atomic E-state index is 0.164. The first-order valence-corrected chi connectivity index (χ1v) is 9.47. The van der Waals surface area contributed by atoms with Crippen molar-refractivity contribution in [2.75, 3.05) is 23.4 Å². The smallest absolute Gasteiger partial charge is 0.412 e. The lowest BCUT2D eigenvalue weighted by atomic mass is 9.96. The molecule has 0 spiro atoms. The Kier molecular flexibility index (Phi) is 4.06. The van der Waals surface area contributed by atoms with E-state index in [1.165, 1.54) is 4.90 Å². The van der Waals surface area contributed by atoms with Crippen molar-refractivity contribution >= 4 is 35.0 Å². The number of carbonyl (C=O) groups excluding carboxylic acids is 1. The van der Waals surface area contributed by atoms with Crippen LogP contribution in [-0.4, -0.2) is 40.2 Å². The molecule has 8 heteroatoms. The maximum Gasteiger partial charge on any atom is 0.412 e. The largest absolute Gasteiger partial charge is 0.474 e. The molecular weight excluding hydrogens is 384 g/mol. The van der Waals surface area contributed by atoms with Gasteiger partial charge in [0.1, 0.15) is 12.3 Å². The molecule has 1 aromatic carbocycles. The van der Waals surface area contributed by atoms with Crippen LogP contribution in [0.15, 0.2) is 42.7 Å². The number of anilines is 2. The fourth-order valence-electron chi connectivity index (χ4n) is 3.91. The summed E-state index contributed by atoms with van der Waals surface area (Å²) in [6, 6.07) is 9.42. The molecule has 0 aliphatic carbocycles. The summed E-state index contributed by atoms with van der Waals surface area (Å²) in [5.74, 6) is 0.151. The highest BCUT2D eigenvalue weighted by Crippen LogP contribution is 2.41. The van der Waals surface area contributed by atoms with Gasteiger partial charge in [0.05, 0.1) is 12.1 Å². The summed E-state index contributed by atoms with van der Waals surface area (Å²) >= 11 is 0. The molecule has 2 aliphatic heterocycles. The maximum absolute atomic E-state index is 12.5. The molecule has 0 unspecified atom stereocenters. The number of benzene rings is 1. The first kappa shape index (κ1) is 18.0. The third-order valence-electron chi connectivity index (χ3n) is 5.36. The number of pyridine rings is 1. The fraction of sp³-hybridized carbons (Fsp3) is 0.136. The topological polar surface area (TPSA) is 108 Å². The Bertz CT molecular complexity index is 1210. The molecule has 0 saturated carbocycles. The van der Waals surface area contributed by atoms with Gasteiger partial charge >= 0.3 is 6.09 Å². The predicted molar refractivity (Wildman–Crippen MR) is 113 cm³/mol. The van der Waals surface area contributed by atoms with Crippen molar-refractivity contribution in [2.24, 2.45) is 0 Å². The van der Waals surface area contributed by atoms with Crippen molar-refractivity contribution in [1.29, 1.82) is 0 Å². The number of H-pyrrole nitrogens is 1. The van der Waals surface area contributed by atoms with E-state index in [0.29, 0.717) is 17.1 Å². The van der Waals surface area contributed by atoms with Gasteiger partial charge < -0.3 is 20.1 Å². The summed E-state index contributed by atoms with van der Waals surface area (Å²) in [5.41, 5.74) is 5.76. The van der Waals surface area contributed by atoms with E-state index in [1.54, 1.807) is 12.4 Å². The van der Waals surface area contributed by atoms with E-state index in [2.05, 4.69) is 15.3 Å². The zero-order chi connectivity index (χ0) is 20.8. The van der Waals surface area contributed by atoms with Crippen LogP contribution >= 0.6 is 0 Å². The summed E-state index contributed by atoms with van der Waals surface area (Å²) < 4.78 is 5.56. The van der Waals surface area contributed by atoms with Crippen molar-refractivity contribution in [3.05, 3.63) is 59.5 Å². The number of amides is 2. The second-order valence-corrected chi connectivity index (χ2v) is 7.13. The molecule has 0 radical (unpaired) electrons. The molecule has 2 aromatic heterocycles. The van der Waals surface area contributed by atoms with Gasteiger partial charge in [-0.1, -0.05) is 6.07 Å². The monoisotopic (exact) mass is 402 g/mol. The van der Waals surface area contributed by atoms with Gasteiger partial charge in [0.2, 0.25) is 5.88 Å². The van der Waals surface area contributed by atoms with Gasteiger partial charge in [-0.25, -0.2) is 9.78 Å². The van der Waals surface area contributed by atoms with Crippen molar-refractivity contribution in [3.8, 4) is 17.0 Å². The highest BCUT2D eigenvalue weighted by molar-refractivity contribution is 6.35. The van der Waals surface area contributed by atoms with Gasteiger partial charge in [-0.2, -0.15) is 0 Å². The number of rotatable bonds is 2. The molecule has 0 saturated heterocycles. The van der Waals surface area contributed by atoms with Crippen molar-refractivity contribution in [3.63, 3.8) is 0 Å². The lowest BCUT2D eigenvalue weighted by Crippen LogP contribution is -2.37. The summed E-state index contributed by atoms with van der Waals surface area (Å²) in [6.45, 7) is 2.37. The average molecular weight is 402 g/mol. The Morgan fingerprint density at radius 2 is 2.17 bits per heavy atom. The molecule has 4 heterocycles. The number of carbonyl (C=O) groups is 2. The quantitative estimate of drug-likeness (QED) is 0.566. The van der Waals surface area contributed by atoms with E-state index in [1.807, 2.05) is 43.3 Å². The summed E-state index contributed by atoms with van der Waals surface area (Å²) in [6.07, 6.45) is 4.25. The van der Waals surface area contributed by atoms with Crippen molar-refractivity contribution in [1.82, 2.24) is 9.97 Å². The minimum atomic E-state index is -1.04. The SMILES string of the molecule is Cc1c(-c2ccc3c(c2)C(=Cc2ccc[nH]2)C(=O)N3)cnc2c1N(C(=O)O)CCO2.